The number of aromatic nitrogens is 3. The molecule has 0 N–H and O–H groups in total. The Kier molecular flexibility index (Phi) is 5.23. The zero-order chi connectivity index (χ0) is 22.2. The van der Waals surface area contributed by atoms with Crippen LogP contribution in [0.25, 0.3) is 27.7 Å². The van der Waals surface area contributed by atoms with Gasteiger partial charge in [-0.05, 0) is 44.5 Å². The number of morpholine rings is 1. The van der Waals surface area contributed by atoms with Gasteiger partial charge in [0.05, 0.1) is 35.0 Å². The number of anilines is 1. The summed E-state index contributed by atoms with van der Waals surface area (Å²) in [6.07, 6.45) is 3.65. The highest BCUT2D eigenvalue weighted by atomic mass is 16.5. The van der Waals surface area contributed by atoms with E-state index in [4.69, 9.17) is 4.74 Å². The SMILES string of the molecule is Cc1ccc(-c2cccc3c(=O)n(-c4ccc(N5C[C@@H](C)O[C@@H](C)C5)nc4)cnc23)cc1. The highest BCUT2D eigenvalue weighted by Crippen LogP contribution is 2.26. The van der Waals surface area contributed by atoms with Gasteiger partial charge in [0.15, 0.2) is 0 Å². The molecule has 0 saturated carbocycles. The van der Waals surface area contributed by atoms with Crippen molar-refractivity contribution in [2.24, 2.45) is 0 Å². The summed E-state index contributed by atoms with van der Waals surface area (Å²) in [5, 5.41) is 0.588. The van der Waals surface area contributed by atoms with Crippen molar-refractivity contribution in [2.45, 2.75) is 33.0 Å². The molecule has 1 saturated heterocycles. The predicted octanol–water partition coefficient (Wildman–Crippen LogP) is 4.37. The van der Waals surface area contributed by atoms with Crippen molar-refractivity contribution in [3.63, 3.8) is 0 Å². The van der Waals surface area contributed by atoms with Gasteiger partial charge in [-0.15, -0.1) is 0 Å². The molecule has 2 aromatic heterocycles. The molecule has 162 valence electrons. The average molecular weight is 427 g/mol. The number of hydrogen-bond acceptors (Lipinski definition) is 5. The highest BCUT2D eigenvalue weighted by Gasteiger charge is 2.23. The summed E-state index contributed by atoms with van der Waals surface area (Å²) in [5.74, 6) is 0.888. The molecular formula is C26H26N4O2. The normalized spacial score (nSPS) is 18.8. The van der Waals surface area contributed by atoms with Gasteiger partial charge in [-0.3, -0.25) is 9.36 Å². The highest BCUT2D eigenvalue weighted by molar-refractivity contribution is 5.93. The summed E-state index contributed by atoms with van der Waals surface area (Å²) >= 11 is 0. The smallest absolute Gasteiger partial charge is 0.265 e. The summed E-state index contributed by atoms with van der Waals surface area (Å²) in [5.41, 5.74) is 4.50. The van der Waals surface area contributed by atoms with Crippen molar-refractivity contribution >= 4 is 16.7 Å². The zero-order valence-electron chi connectivity index (χ0n) is 18.5. The zero-order valence-corrected chi connectivity index (χ0v) is 18.5. The van der Waals surface area contributed by atoms with E-state index in [0.717, 1.165) is 30.0 Å². The molecule has 1 aliphatic rings. The van der Waals surface area contributed by atoms with Crippen LogP contribution in [-0.4, -0.2) is 39.8 Å². The molecule has 3 heterocycles. The Labute approximate surface area is 187 Å². The molecule has 2 aromatic carbocycles. The number of ether oxygens (including phenoxy) is 1. The summed E-state index contributed by atoms with van der Waals surface area (Å²) in [4.78, 5) is 24.8. The van der Waals surface area contributed by atoms with E-state index in [9.17, 15) is 4.79 Å². The van der Waals surface area contributed by atoms with Gasteiger partial charge in [-0.2, -0.15) is 0 Å². The number of para-hydroxylation sites is 1. The number of fused-ring (bicyclic) bond motifs is 1. The van der Waals surface area contributed by atoms with Crippen LogP contribution in [0.15, 0.2) is 71.9 Å². The van der Waals surface area contributed by atoms with Crippen molar-refractivity contribution in [1.82, 2.24) is 14.5 Å². The van der Waals surface area contributed by atoms with Gasteiger partial charge in [0.1, 0.15) is 12.1 Å². The van der Waals surface area contributed by atoms with Crippen molar-refractivity contribution in [1.29, 1.82) is 0 Å². The van der Waals surface area contributed by atoms with E-state index < -0.39 is 0 Å². The van der Waals surface area contributed by atoms with Crippen molar-refractivity contribution in [3.05, 3.63) is 83.0 Å². The van der Waals surface area contributed by atoms with E-state index >= 15 is 0 Å². The minimum Gasteiger partial charge on any atom is -0.372 e. The van der Waals surface area contributed by atoms with E-state index in [-0.39, 0.29) is 17.8 Å². The van der Waals surface area contributed by atoms with Crippen molar-refractivity contribution < 1.29 is 4.74 Å². The second kappa shape index (κ2) is 8.20. The molecule has 5 rings (SSSR count). The Morgan fingerprint density at radius 3 is 2.38 bits per heavy atom. The summed E-state index contributed by atoms with van der Waals surface area (Å²) in [6.45, 7) is 7.81. The second-order valence-electron chi connectivity index (χ2n) is 8.52. The van der Waals surface area contributed by atoms with Gasteiger partial charge in [-0.1, -0.05) is 42.0 Å². The predicted molar refractivity (Wildman–Crippen MR) is 128 cm³/mol. The van der Waals surface area contributed by atoms with Gasteiger partial charge in [0.25, 0.3) is 5.56 Å². The maximum atomic E-state index is 13.3. The standard InChI is InChI=1S/C26H26N4O2/c1-17-7-9-20(10-8-17)22-5-4-6-23-25(22)28-16-30(26(23)31)21-11-12-24(27-13-21)29-14-18(2)32-19(3)15-29/h4-13,16,18-19H,14-15H2,1-3H3/t18-,19+. The molecule has 1 aliphatic heterocycles. The number of nitrogens with zero attached hydrogens (tertiary/aromatic N) is 4. The lowest BCUT2D eigenvalue weighted by atomic mass is 10.0. The summed E-state index contributed by atoms with van der Waals surface area (Å²) < 4.78 is 7.37. The Bertz CT molecular complexity index is 1300. The van der Waals surface area contributed by atoms with Crippen LogP contribution in [0.5, 0.6) is 0 Å². The minimum absolute atomic E-state index is 0.105. The average Bonchev–Trinajstić information content (AvgIpc) is 2.79. The van der Waals surface area contributed by atoms with E-state index in [1.807, 2.05) is 30.3 Å². The molecule has 2 atom stereocenters. The number of rotatable bonds is 3. The van der Waals surface area contributed by atoms with Crippen LogP contribution in [0, 0.1) is 6.92 Å². The van der Waals surface area contributed by atoms with Crippen LogP contribution in [0.2, 0.25) is 0 Å². The number of aryl methyl sites for hydroxylation is 1. The van der Waals surface area contributed by atoms with E-state index in [1.165, 1.54) is 5.56 Å². The Morgan fingerprint density at radius 2 is 1.69 bits per heavy atom. The van der Waals surface area contributed by atoms with Crippen LogP contribution in [0.3, 0.4) is 0 Å². The quantitative estimate of drug-likeness (QED) is 0.487. The fraction of sp³-hybridized carbons (Fsp3) is 0.269. The molecule has 0 spiro atoms. The Hall–Kier alpha value is -3.51. The maximum absolute atomic E-state index is 13.3. The maximum Gasteiger partial charge on any atom is 0.265 e. The molecular weight excluding hydrogens is 400 g/mol. The Balaban J connectivity index is 1.50. The van der Waals surface area contributed by atoms with Crippen LogP contribution in [0.1, 0.15) is 19.4 Å². The molecule has 6 heteroatoms. The summed E-state index contributed by atoms with van der Waals surface area (Å²) in [7, 11) is 0. The largest absolute Gasteiger partial charge is 0.372 e. The lowest BCUT2D eigenvalue weighted by Gasteiger charge is -2.36. The summed E-state index contributed by atoms with van der Waals surface area (Å²) in [6, 6.07) is 17.9. The second-order valence-corrected chi connectivity index (χ2v) is 8.52. The minimum atomic E-state index is -0.105. The van der Waals surface area contributed by atoms with E-state index in [0.29, 0.717) is 16.6 Å². The molecule has 4 aromatic rings. The van der Waals surface area contributed by atoms with Crippen molar-refractivity contribution in [3.8, 4) is 16.8 Å². The van der Waals surface area contributed by atoms with Crippen molar-refractivity contribution in [2.75, 3.05) is 18.0 Å². The Morgan fingerprint density at radius 1 is 0.938 bits per heavy atom. The van der Waals surface area contributed by atoms with E-state index in [2.05, 4.69) is 59.9 Å². The third kappa shape index (κ3) is 3.78. The third-order valence-corrected chi connectivity index (χ3v) is 5.90. The monoisotopic (exact) mass is 426 g/mol. The molecule has 1 fully saturated rings. The molecule has 0 aliphatic carbocycles. The fourth-order valence-corrected chi connectivity index (χ4v) is 4.38. The van der Waals surface area contributed by atoms with Gasteiger partial charge in [0.2, 0.25) is 0 Å². The molecule has 0 radical (unpaired) electrons. The van der Waals surface area contributed by atoms with Gasteiger partial charge < -0.3 is 9.64 Å². The first-order valence-electron chi connectivity index (χ1n) is 10.9. The molecule has 0 bridgehead atoms. The number of benzene rings is 2. The first-order chi connectivity index (χ1) is 15.5. The topological polar surface area (TPSA) is 60.2 Å². The lowest BCUT2D eigenvalue weighted by Crippen LogP contribution is -2.45. The first-order valence-corrected chi connectivity index (χ1v) is 10.9. The van der Waals surface area contributed by atoms with Crippen LogP contribution in [-0.2, 0) is 4.74 Å². The van der Waals surface area contributed by atoms with Crippen LogP contribution >= 0.6 is 0 Å². The third-order valence-electron chi connectivity index (χ3n) is 5.90. The molecule has 32 heavy (non-hydrogen) atoms. The molecule has 0 amide bonds. The first kappa shape index (κ1) is 20.4. The molecule has 0 unspecified atom stereocenters. The fourth-order valence-electron chi connectivity index (χ4n) is 4.38. The van der Waals surface area contributed by atoms with Gasteiger partial charge in [0, 0.05) is 18.7 Å². The van der Waals surface area contributed by atoms with E-state index in [1.54, 1.807) is 17.1 Å². The van der Waals surface area contributed by atoms with Gasteiger partial charge in [-0.25, -0.2) is 9.97 Å². The van der Waals surface area contributed by atoms with Crippen LogP contribution < -0.4 is 10.5 Å². The lowest BCUT2D eigenvalue weighted by molar-refractivity contribution is -0.00545. The molecule has 6 nitrogen and oxygen atoms in total. The van der Waals surface area contributed by atoms with Crippen LogP contribution in [0.4, 0.5) is 5.82 Å². The van der Waals surface area contributed by atoms with Gasteiger partial charge >= 0.3 is 0 Å². The number of pyridine rings is 1. The number of hydrogen-bond donors (Lipinski definition) is 0.